The van der Waals surface area contributed by atoms with Crippen LogP contribution in [0.4, 0.5) is 0 Å². The third-order valence-corrected chi connectivity index (χ3v) is 28.6. The summed E-state index contributed by atoms with van der Waals surface area (Å²) in [5, 5.41) is 0.172. The fourth-order valence-corrected chi connectivity index (χ4v) is 23.1. The van der Waals surface area contributed by atoms with Crippen molar-refractivity contribution in [2.75, 3.05) is 13.9 Å². The van der Waals surface area contributed by atoms with Crippen molar-refractivity contribution in [1.29, 1.82) is 0 Å². The van der Waals surface area contributed by atoms with Crippen molar-refractivity contribution in [2.45, 2.75) is 141 Å². The van der Waals surface area contributed by atoms with Crippen LogP contribution in [0.5, 0.6) is 0 Å². The Morgan fingerprint density at radius 2 is 1.45 bits per heavy atom. The molecule has 0 unspecified atom stereocenters. The van der Waals surface area contributed by atoms with Crippen LogP contribution in [0.25, 0.3) is 0 Å². The summed E-state index contributed by atoms with van der Waals surface area (Å²) in [6.45, 7) is 21.4. The van der Waals surface area contributed by atoms with Crippen LogP contribution in [-0.4, -0.2) is 46.7 Å². The quantitative estimate of drug-likeness (QED) is 0.0796. The van der Waals surface area contributed by atoms with Crippen molar-refractivity contribution in [1.82, 2.24) is 0 Å². The van der Waals surface area contributed by atoms with Crippen LogP contribution >= 0.6 is 0 Å². The summed E-state index contributed by atoms with van der Waals surface area (Å²) >= 11 is -2.42. The van der Waals surface area contributed by atoms with E-state index < -0.39 is 26.7 Å². The van der Waals surface area contributed by atoms with Crippen LogP contribution < -0.4 is 0 Å². The molecule has 0 bridgehead atoms. The van der Waals surface area contributed by atoms with Gasteiger partial charge in [-0.15, -0.1) is 0 Å². The normalized spacial score (nSPS) is 15.1. The van der Waals surface area contributed by atoms with E-state index in [9.17, 15) is 0 Å². The van der Waals surface area contributed by atoms with Gasteiger partial charge in [-0.3, -0.25) is 0 Å². The molecule has 3 nitrogen and oxygen atoms in total. The predicted octanol–water partition coefficient (Wildman–Crippen LogP) is 10.9. The number of rotatable bonds is 20. The third kappa shape index (κ3) is 13.0. The van der Waals surface area contributed by atoms with Gasteiger partial charge in [0, 0.05) is 0 Å². The second kappa shape index (κ2) is 18.3. The van der Waals surface area contributed by atoms with Gasteiger partial charge in [0.1, 0.15) is 0 Å². The van der Waals surface area contributed by atoms with Crippen molar-refractivity contribution in [2.24, 2.45) is 0 Å². The molecule has 0 aromatic heterocycles. The molecule has 0 saturated heterocycles. The third-order valence-electron chi connectivity index (χ3n) is 8.57. The van der Waals surface area contributed by atoms with Crippen LogP contribution in [0.1, 0.15) is 105 Å². The Labute approximate surface area is 242 Å². The number of benzene rings is 1. The van der Waals surface area contributed by atoms with Crippen molar-refractivity contribution < 1.29 is 13.9 Å². The molecule has 38 heavy (non-hydrogen) atoms. The molecule has 0 heterocycles. The summed E-state index contributed by atoms with van der Waals surface area (Å²) in [4.78, 5) is 0. The molecule has 5 heteroatoms. The molecular formula is C33H62O3SiSn. The average molecular weight is 654 g/mol. The van der Waals surface area contributed by atoms with Crippen LogP contribution in [0.15, 0.2) is 42.0 Å². The van der Waals surface area contributed by atoms with E-state index in [4.69, 9.17) is 13.9 Å². The second-order valence-electron chi connectivity index (χ2n) is 13.1. The molecule has 0 fully saturated rings. The zero-order valence-electron chi connectivity index (χ0n) is 26.8. The number of ether oxygens (including phenoxy) is 2. The van der Waals surface area contributed by atoms with E-state index in [1.807, 2.05) is 0 Å². The zero-order chi connectivity index (χ0) is 28.7. The molecule has 1 rings (SSSR count). The van der Waals surface area contributed by atoms with Gasteiger partial charge in [0.2, 0.25) is 0 Å². The minimum atomic E-state index is -2.42. The zero-order valence-corrected chi connectivity index (χ0v) is 30.7. The Kier molecular flexibility index (Phi) is 17.3. The fourth-order valence-electron chi connectivity index (χ4n) is 5.20. The summed E-state index contributed by atoms with van der Waals surface area (Å²) in [5.41, 5.74) is 2.89. The molecule has 0 aliphatic carbocycles. The summed E-state index contributed by atoms with van der Waals surface area (Å²) in [6, 6.07) is 11.0. The van der Waals surface area contributed by atoms with Gasteiger partial charge in [-0.05, 0) is 0 Å². The summed E-state index contributed by atoms with van der Waals surface area (Å²) in [5.74, 6) is 0. The number of unbranched alkanes of at least 4 members (excludes halogenated alkanes) is 3. The fraction of sp³-hybridized carbons (Fsp3) is 0.758. The first-order valence-electron chi connectivity index (χ1n) is 15.5. The van der Waals surface area contributed by atoms with E-state index in [2.05, 4.69) is 98.0 Å². The SMILES string of the molecule is CCC[CH2][Sn]([CH2]CCC)([CH2]CCC)[CH2]/C(=C\[C@@H](C)OCOC)C[C@H](O[Si](C)(C)C(C)(C)C)c1ccccc1. The molecule has 220 valence electrons. The molecule has 0 amide bonds. The monoisotopic (exact) mass is 654 g/mol. The first-order chi connectivity index (χ1) is 17.9. The number of hydrogen-bond donors (Lipinski definition) is 0. The minimum absolute atomic E-state index is 0.0433. The Bertz CT molecular complexity index is 750. The van der Waals surface area contributed by atoms with Crippen molar-refractivity contribution >= 4 is 26.7 Å². The molecule has 0 aliphatic heterocycles. The summed E-state index contributed by atoms with van der Waals surface area (Å²) in [6.07, 6.45) is 11.7. The van der Waals surface area contributed by atoms with E-state index >= 15 is 0 Å². The van der Waals surface area contributed by atoms with Gasteiger partial charge in [0.25, 0.3) is 0 Å². The predicted molar refractivity (Wildman–Crippen MR) is 172 cm³/mol. The van der Waals surface area contributed by atoms with E-state index in [0.29, 0.717) is 6.79 Å². The van der Waals surface area contributed by atoms with E-state index in [-0.39, 0.29) is 17.2 Å². The van der Waals surface area contributed by atoms with Gasteiger partial charge >= 0.3 is 244 Å². The van der Waals surface area contributed by atoms with Crippen molar-refractivity contribution in [3.63, 3.8) is 0 Å². The standard InChI is InChI=1S/C21H35O3Si.3C4H9.Sn/c1-17(14-18(2)23-16-22-6)15-20(19-12-10-9-11-13-19)24-25(7,8)21(3,4)5;3*1-3-4-2;/h9-14,18,20H,1,15-16H2,2-8H3;3*1,3-4H2,2H3;/b17-14+;;;;/t18-,20+;;;;/m1..../s1. The maximum absolute atomic E-state index is 7.20. The molecule has 1 aromatic rings. The molecule has 2 atom stereocenters. The molecule has 0 N–H and O–H groups in total. The summed E-state index contributed by atoms with van der Waals surface area (Å²) in [7, 11) is -0.256. The van der Waals surface area contributed by atoms with Gasteiger partial charge in [-0.25, -0.2) is 0 Å². The van der Waals surface area contributed by atoms with E-state index in [1.54, 1.807) is 12.7 Å². The Morgan fingerprint density at radius 1 is 0.921 bits per heavy atom. The Balaban J connectivity index is 3.51. The van der Waals surface area contributed by atoms with Gasteiger partial charge in [0.15, 0.2) is 0 Å². The van der Waals surface area contributed by atoms with Gasteiger partial charge in [0.05, 0.1) is 0 Å². The summed E-state index contributed by atoms with van der Waals surface area (Å²) < 4.78 is 24.4. The number of hydrogen-bond acceptors (Lipinski definition) is 3. The number of methoxy groups -OCH3 is 1. The van der Waals surface area contributed by atoms with Crippen LogP contribution in [0.2, 0.25) is 35.9 Å². The molecule has 0 radical (unpaired) electrons. The molecule has 0 spiro atoms. The van der Waals surface area contributed by atoms with Crippen molar-refractivity contribution in [3.8, 4) is 0 Å². The second-order valence-corrected chi connectivity index (χ2v) is 31.7. The van der Waals surface area contributed by atoms with E-state index in [1.165, 1.54) is 61.8 Å². The average Bonchev–Trinajstić information content (AvgIpc) is 2.87. The maximum atomic E-state index is 7.20. The van der Waals surface area contributed by atoms with E-state index in [0.717, 1.165) is 6.42 Å². The molecule has 0 saturated carbocycles. The van der Waals surface area contributed by atoms with Gasteiger partial charge < -0.3 is 0 Å². The Morgan fingerprint density at radius 3 is 1.89 bits per heavy atom. The Hall–Kier alpha value is -0.144. The van der Waals surface area contributed by atoms with Crippen LogP contribution in [-0.2, 0) is 13.9 Å². The van der Waals surface area contributed by atoms with Gasteiger partial charge in [-0.2, -0.15) is 0 Å². The van der Waals surface area contributed by atoms with Crippen LogP contribution in [0.3, 0.4) is 0 Å². The van der Waals surface area contributed by atoms with Crippen LogP contribution in [0, 0.1) is 0 Å². The molecule has 1 aromatic carbocycles. The molecular weight excluding hydrogens is 591 g/mol. The topological polar surface area (TPSA) is 27.7 Å². The first kappa shape index (κ1) is 35.9. The first-order valence-corrected chi connectivity index (χ1v) is 26.4. The molecule has 0 aliphatic rings. The van der Waals surface area contributed by atoms with Crippen molar-refractivity contribution in [3.05, 3.63) is 47.5 Å². The van der Waals surface area contributed by atoms with Gasteiger partial charge in [-0.1, -0.05) is 0 Å².